The Morgan fingerprint density at radius 3 is 2.52 bits per heavy atom. The van der Waals surface area contributed by atoms with Crippen LogP contribution in [0.3, 0.4) is 0 Å². The number of nitrogens with one attached hydrogen (secondary N) is 1. The summed E-state index contributed by atoms with van der Waals surface area (Å²) in [7, 11) is 0. The van der Waals surface area contributed by atoms with Crippen LogP contribution in [0.2, 0.25) is 5.02 Å². The van der Waals surface area contributed by atoms with E-state index in [2.05, 4.69) is 64.6 Å². The second-order valence-electron chi connectivity index (χ2n) is 4.82. The van der Waals surface area contributed by atoms with Crippen LogP contribution in [-0.4, -0.2) is 18.3 Å². The van der Waals surface area contributed by atoms with E-state index in [1.807, 2.05) is 23.9 Å². The van der Waals surface area contributed by atoms with Gasteiger partial charge in [-0.2, -0.15) is 0 Å². The molecule has 0 spiro atoms. The maximum Gasteiger partial charge on any atom is 0.0406 e. The molecule has 1 atom stereocenters. The highest BCUT2D eigenvalue weighted by atomic mass is 79.9. The Morgan fingerprint density at radius 2 is 1.86 bits per heavy atom. The van der Waals surface area contributed by atoms with Gasteiger partial charge in [-0.05, 0) is 48.9 Å². The summed E-state index contributed by atoms with van der Waals surface area (Å²) in [6, 6.07) is 16.9. The Bertz CT molecular complexity index is 559. The van der Waals surface area contributed by atoms with Gasteiger partial charge in [-0.3, -0.25) is 0 Å². The largest absolute Gasteiger partial charge is 0.313 e. The molecule has 1 N–H and O–H groups in total. The van der Waals surface area contributed by atoms with Crippen molar-refractivity contribution in [2.45, 2.75) is 24.3 Å². The van der Waals surface area contributed by atoms with Gasteiger partial charge < -0.3 is 5.32 Å². The number of hydrogen-bond donors (Lipinski definition) is 1. The molecule has 0 fully saturated rings. The highest BCUT2D eigenvalue weighted by Crippen LogP contribution is 2.23. The van der Waals surface area contributed by atoms with Crippen molar-refractivity contribution in [3.63, 3.8) is 0 Å². The SMILES string of the molecule is CCNC(CSc1ccc(Cl)cc1)Cc1ccccc1Br. The predicted octanol–water partition coefficient (Wildman–Crippen LogP) is 5.42. The summed E-state index contributed by atoms with van der Waals surface area (Å²) in [6.07, 6.45) is 1.02. The fourth-order valence-corrected chi connectivity index (χ4v) is 3.67. The minimum Gasteiger partial charge on any atom is -0.313 e. The fraction of sp³-hybridized carbons (Fsp3) is 0.294. The molecule has 0 aliphatic rings. The second kappa shape index (κ2) is 8.84. The van der Waals surface area contributed by atoms with Crippen LogP contribution < -0.4 is 5.32 Å². The van der Waals surface area contributed by atoms with Gasteiger partial charge in [0.05, 0.1) is 0 Å². The minimum atomic E-state index is 0.453. The third kappa shape index (κ3) is 5.67. The molecule has 0 bridgehead atoms. The smallest absolute Gasteiger partial charge is 0.0406 e. The molecule has 2 aromatic carbocycles. The van der Waals surface area contributed by atoms with Crippen molar-refractivity contribution in [1.29, 1.82) is 0 Å². The topological polar surface area (TPSA) is 12.0 Å². The average Bonchev–Trinajstić information content (AvgIpc) is 2.49. The summed E-state index contributed by atoms with van der Waals surface area (Å²) >= 11 is 11.4. The van der Waals surface area contributed by atoms with Crippen LogP contribution in [0.1, 0.15) is 12.5 Å². The third-order valence-corrected chi connectivity index (χ3v) is 5.38. The molecule has 0 amide bonds. The van der Waals surface area contributed by atoms with Gasteiger partial charge in [-0.1, -0.05) is 52.7 Å². The standard InChI is InChI=1S/C17H19BrClNS/c1-2-20-15(11-13-5-3-4-6-17(13)18)12-21-16-9-7-14(19)8-10-16/h3-10,15,20H,2,11-12H2,1H3. The van der Waals surface area contributed by atoms with E-state index in [-0.39, 0.29) is 0 Å². The molecule has 1 nitrogen and oxygen atoms in total. The lowest BCUT2D eigenvalue weighted by Crippen LogP contribution is -2.33. The van der Waals surface area contributed by atoms with Gasteiger partial charge in [0.15, 0.2) is 0 Å². The summed E-state index contributed by atoms with van der Waals surface area (Å²) in [5.41, 5.74) is 1.35. The average molecular weight is 385 g/mol. The maximum atomic E-state index is 5.92. The lowest BCUT2D eigenvalue weighted by Gasteiger charge is -2.18. The first-order valence-corrected chi connectivity index (χ1v) is 9.20. The van der Waals surface area contributed by atoms with Crippen molar-refractivity contribution in [1.82, 2.24) is 5.32 Å². The van der Waals surface area contributed by atoms with E-state index in [0.29, 0.717) is 6.04 Å². The first-order valence-electron chi connectivity index (χ1n) is 7.04. The quantitative estimate of drug-likeness (QED) is 0.640. The zero-order valence-corrected chi connectivity index (χ0v) is 15.1. The lowest BCUT2D eigenvalue weighted by molar-refractivity contribution is 0.572. The van der Waals surface area contributed by atoms with E-state index in [0.717, 1.165) is 23.7 Å². The molecule has 2 aromatic rings. The number of thioether (sulfide) groups is 1. The summed E-state index contributed by atoms with van der Waals surface area (Å²) in [6.45, 7) is 3.14. The zero-order valence-electron chi connectivity index (χ0n) is 12.0. The van der Waals surface area contributed by atoms with Crippen molar-refractivity contribution >= 4 is 39.3 Å². The highest BCUT2D eigenvalue weighted by Gasteiger charge is 2.11. The molecule has 0 aromatic heterocycles. The number of hydrogen-bond acceptors (Lipinski definition) is 2. The maximum absolute atomic E-state index is 5.92. The molecule has 112 valence electrons. The molecule has 0 aliphatic heterocycles. The number of benzene rings is 2. The molecule has 1 unspecified atom stereocenters. The molecule has 0 radical (unpaired) electrons. The fourth-order valence-electron chi connectivity index (χ4n) is 2.14. The monoisotopic (exact) mass is 383 g/mol. The van der Waals surface area contributed by atoms with Crippen LogP contribution in [0, 0.1) is 0 Å². The molecular weight excluding hydrogens is 366 g/mol. The molecule has 21 heavy (non-hydrogen) atoms. The van der Waals surface area contributed by atoms with E-state index >= 15 is 0 Å². The van der Waals surface area contributed by atoms with Crippen LogP contribution in [0.15, 0.2) is 57.9 Å². The normalized spacial score (nSPS) is 12.3. The van der Waals surface area contributed by atoms with Crippen molar-refractivity contribution in [3.8, 4) is 0 Å². The van der Waals surface area contributed by atoms with Crippen LogP contribution in [0.25, 0.3) is 0 Å². The summed E-state index contributed by atoms with van der Waals surface area (Å²) in [5, 5.41) is 4.36. The minimum absolute atomic E-state index is 0.453. The molecule has 2 rings (SSSR count). The Balaban J connectivity index is 1.95. The van der Waals surface area contributed by atoms with E-state index in [1.165, 1.54) is 14.9 Å². The van der Waals surface area contributed by atoms with Gasteiger partial charge in [-0.25, -0.2) is 0 Å². The summed E-state index contributed by atoms with van der Waals surface area (Å²) in [5.74, 6) is 1.04. The second-order valence-corrected chi connectivity index (χ2v) is 7.20. The number of likely N-dealkylation sites (N-methyl/N-ethyl adjacent to an activating group) is 1. The van der Waals surface area contributed by atoms with Crippen LogP contribution in [0.4, 0.5) is 0 Å². The Kier molecular flexibility index (Phi) is 7.11. The van der Waals surface area contributed by atoms with Gasteiger partial charge in [-0.15, -0.1) is 11.8 Å². The first kappa shape index (κ1) is 16.9. The third-order valence-electron chi connectivity index (χ3n) is 3.18. The van der Waals surface area contributed by atoms with Gasteiger partial charge in [0.2, 0.25) is 0 Å². The number of halogens is 2. The van der Waals surface area contributed by atoms with E-state index in [4.69, 9.17) is 11.6 Å². The van der Waals surface area contributed by atoms with Crippen LogP contribution in [0.5, 0.6) is 0 Å². The molecule has 4 heteroatoms. The Labute approximate surface area is 144 Å². The molecular formula is C17H19BrClNS. The molecule has 0 saturated carbocycles. The summed E-state index contributed by atoms with van der Waals surface area (Å²) < 4.78 is 1.18. The molecule has 0 aliphatic carbocycles. The van der Waals surface area contributed by atoms with Crippen LogP contribution in [-0.2, 0) is 6.42 Å². The molecule has 0 saturated heterocycles. The van der Waals surface area contributed by atoms with Crippen molar-refractivity contribution in [2.75, 3.05) is 12.3 Å². The zero-order chi connectivity index (χ0) is 15.1. The molecule has 0 heterocycles. The predicted molar refractivity (Wildman–Crippen MR) is 97.5 cm³/mol. The van der Waals surface area contributed by atoms with Gasteiger partial charge in [0.25, 0.3) is 0 Å². The Hall–Kier alpha value is -0.480. The van der Waals surface area contributed by atoms with Crippen molar-refractivity contribution in [3.05, 3.63) is 63.6 Å². The highest BCUT2D eigenvalue weighted by molar-refractivity contribution is 9.10. The van der Waals surface area contributed by atoms with Crippen molar-refractivity contribution in [2.24, 2.45) is 0 Å². The first-order chi connectivity index (χ1) is 10.2. The van der Waals surface area contributed by atoms with Gasteiger partial charge >= 0.3 is 0 Å². The van der Waals surface area contributed by atoms with Crippen molar-refractivity contribution < 1.29 is 0 Å². The van der Waals surface area contributed by atoms with E-state index in [9.17, 15) is 0 Å². The van der Waals surface area contributed by atoms with E-state index < -0.39 is 0 Å². The summed E-state index contributed by atoms with van der Waals surface area (Å²) in [4.78, 5) is 1.26. The van der Waals surface area contributed by atoms with Gasteiger partial charge in [0.1, 0.15) is 0 Å². The Morgan fingerprint density at radius 1 is 1.14 bits per heavy atom. The van der Waals surface area contributed by atoms with E-state index in [1.54, 1.807) is 0 Å². The van der Waals surface area contributed by atoms with Crippen LogP contribution >= 0.6 is 39.3 Å². The lowest BCUT2D eigenvalue weighted by atomic mass is 10.1. The van der Waals surface area contributed by atoms with Gasteiger partial charge in [0, 0.05) is 26.2 Å². The number of rotatable bonds is 7.